The fourth-order valence-corrected chi connectivity index (χ4v) is 5.92. The van der Waals surface area contributed by atoms with Crippen LogP contribution >= 0.6 is 0 Å². The van der Waals surface area contributed by atoms with E-state index in [0.29, 0.717) is 31.1 Å². The van der Waals surface area contributed by atoms with Gasteiger partial charge in [0.1, 0.15) is 0 Å². The van der Waals surface area contributed by atoms with Crippen LogP contribution in [-0.2, 0) is 14.2 Å². The highest BCUT2D eigenvalue weighted by Gasteiger charge is 2.56. The van der Waals surface area contributed by atoms with Gasteiger partial charge in [0.2, 0.25) is 11.8 Å². The van der Waals surface area contributed by atoms with Crippen molar-refractivity contribution in [1.82, 2.24) is 4.90 Å². The Bertz CT molecular complexity index is 1050. The number of nitrogens with zero attached hydrogens (tertiary/aromatic N) is 1. The minimum Gasteiger partial charge on any atom is -0.505 e. The lowest BCUT2D eigenvalue weighted by atomic mass is 9.57. The summed E-state index contributed by atoms with van der Waals surface area (Å²) in [7, 11) is 0.565. The van der Waals surface area contributed by atoms with Crippen molar-refractivity contribution in [1.29, 1.82) is 0 Å². The molecule has 2 fully saturated rings. The molecule has 2 saturated heterocycles. The van der Waals surface area contributed by atoms with Crippen LogP contribution in [0.4, 0.5) is 4.39 Å². The van der Waals surface area contributed by atoms with Gasteiger partial charge in [-0.05, 0) is 67.1 Å². The molecule has 8 heteroatoms. The molecule has 0 radical (unpaired) electrons. The van der Waals surface area contributed by atoms with E-state index in [9.17, 15) is 24.1 Å². The first-order valence-corrected chi connectivity index (χ1v) is 12.2. The summed E-state index contributed by atoms with van der Waals surface area (Å²) in [6.45, 7) is 6.23. The van der Waals surface area contributed by atoms with Crippen LogP contribution in [0, 0.1) is 29.5 Å². The van der Waals surface area contributed by atoms with Crippen LogP contribution in [0.1, 0.15) is 52.0 Å². The van der Waals surface area contributed by atoms with E-state index < -0.39 is 18.9 Å². The largest absolute Gasteiger partial charge is 0.505 e. The summed E-state index contributed by atoms with van der Waals surface area (Å²) in [5, 5.41) is 20.0. The SMILES string of the molecule is CC/C(=C\c1ccc(O)c(F)c1)CC[C@H]1OB(O)C[C@H]2C1=C(C(C)C)C[C@H]1C(=O)N(C)C(=O)[C@H]12. The Balaban J connectivity index is 1.62. The molecule has 0 saturated carbocycles. The van der Waals surface area contributed by atoms with Crippen molar-refractivity contribution in [2.75, 3.05) is 7.05 Å². The first-order chi connectivity index (χ1) is 16.1. The molecule has 0 spiro atoms. The van der Waals surface area contributed by atoms with Gasteiger partial charge in [0.15, 0.2) is 11.6 Å². The summed E-state index contributed by atoms with van der Waals surface area (Å²) < 4.78 is 19.8. The number of allylic oxidation sites excluding steroid dienone is 2. The molecule has 2 aliphatic heterocycles. The molecule has 0 aromatic heterocycles. The number of carbonyl (C=O) groups is 2. The maximum absolute atomic E-state index is 13.8. The Kier molecular flexibility index (Phi) is 7.01. The average Bonchev–Trinajstić information content (AvgIpc) is 3.01. The number of hydrogen-bond donors (Lipinski definition) is 2. The predicted molar refractivity (Wildman–Crippen MR) is 128 cm³/mol. The second kappa shape index (κ2) is 9.66. The highest BCUT2D eigenvalue weighted by atomic mass is 19.1. The molecular weight excluding hydrogens is 436 g/mol. The molecule has 6 nitrogen and oxygen atoms in total. The number of benzene rings is 1. The van der Waals surface area contributed by atoms with Gasteiger partial charge < -0.3 is 14.8 Å². The van der Waals surface area contributed by atoms with Crippen molar-refractivity contribution in [3.05, 3.63) is 46.3 Å². The number of phenols is 1. The van der Waals surface area contributed by atoms with E-state index in [4.69, 9.17) is 4.65 Å². The molecular formula is C26H33BFNO5. The van der Waals surface area contributed by atoms with Gasteiger partial charge in [-0.1, -0.05) is 44.1 Å². The van der Waals surface area contributed by atoms with Gasteiger partial charge >= 0.3 is 7.12 Å². The minimum atomic E-state index is -0.986. The molecule has 182 valence electrons. The lowest BCUT2D eigenvalue weighted by molar-refractivity contribution is -0.138. The van der Waals surface area contributed by atoms with Crippen LogP contribution in [-0.4, -0.2) is 47.1 Å². The molecule has 0 bridgehead atoms. The molecule has 3 aliphatic rings. The van der Waals surface area contributed by atoms with Crippen molar-refractivity contribution in [2.24, 2.45) is 23.7 Å². The zero-order valence-corrected chi connectivity index (χ0v) is 20.3. The number of aromatic hydroxyl groups is 1. The standard InChI is InChI=1S/C26H33BFNO5/c1-5-15(10-16-6-8-21(30)20(28)11-16)7-9-22-23-17(14(2)3)12-18-24(19(23)13-27(33)34-22)26(32)29(4)25(18)31/h6,8,10-11,14,18-19,22,24,30,33H,5,7,9,12-13H2,1-4H3/b15-10+/t18-,19+,22-,24-/m1/s1. The molecule has 4 atom stereocenters. The number of rotatable bonds is 6. The summed E-state index contributed by atoms with van der Waals surface area (Å²) in [6, 6.07) is 4.32. The van der Waals surface area contributed by atoms with Crippen molar-refractivity contribution >= 4 is 25.0 Å². The Morgan fingerprint density at radius 1 is 1.29 bits per heavy atom. The van der Waals surface area contributed by atoms with E-state index in [1.54, 1.807) is 13.1 Å². The highest BCUT2D eigenvalue weighted by molar-refractivity contribution is 6.43. The van der Waals surface area contributed by atoms with Crippen molar-refractivity contribution < 1.29 is 28.8 Å². The van der Waals surface area contributed by atoms with Crippen molar-refractivity contribution in [3.63, 3.8) is 0 Å². The van der Waals surface area contributed by atoms with Crippen LogP contribution in [0.2, 0.25) is 6.32 Å². The average molecular weight is 469 g/mol. The van der Waals surface area contributed by atoms with Gasteiger partial charge in [-0.25, -0.2) is 4.39 Å². The number of halogens is 1. The van der Waals surface area contributed by atoms with E-state index in [-0.39, 0.29) is 41.4 Å². The fraction of sp³-hybridized carbons (Fsp3) is 0.538. The van der Waals surface area contributed by atoms with Gasteiger partial charge in [-0.2, -0.15) is 0 Å². The number of phenolic OH excluding ortho intramolecular Hbond substituents is 1. The fourth-order valence-electron chi connectivity index (χ4n) is 5.92. The van der Waals surface area contributed by atoms with E-state index in [1.165, 1.54) is 22.6 Å². The molecule has 34 heavy (non-hydrogen) atoms. The quantitative estimate of drug-likeness (QED) is 0.371. The Hall–Kier alpha value is -2.45. The molecule has 1 aromatic rings. The molecule has 2 heterocycles. The smallest absolute Gasteiger partial charge is 0.455 e. The van der Waals surface area contributed by atoms with Gasteiger partial charge in [-0.3, -0.25) is 14.5 Å². The number of likely N-dealkylation sites (tertiary alicyclic amines) is 1. The third-order valence-corrected chi connectivity index (χ3v) is 7.69. The van der Waals surface area contributed by atoms with E-state index in [0.717, 1.165) is 17.6 Å². The predicted octanol–water partition coefficient (Wildman–Crippen LogP) is 4.19. The monoisotopic (exact) mass is 469 g/mol. The maximum Gasteiger partial charge on any atom is 0.455 e. The number of carbonyl (C=O) groups excluding carboxylic acids is 2. The van der Waals surface area contributed by atoms with Crippen molar-refractivity contribution in [3.8, 4) is 5.75 Å². The lowest BCUT2D eigenvalue weighted by Crippen LogP contribution is -2.46. The summed E-state index contributed by atoms with van der Waals surface area (Å²) in [5.41, 5.74) is 4.03. The maximum atomic E-state index is 13.8. The van der Waals surface area contributed by atoms with Crippen molar-refractivity contribution in [2.45, 2.75) is 58.9 Å². The number of hydrogen-bond acceptors (Lipinski definition) is 5. The van der Waals surface area contributed by atoms with Crippen LogP contribution < -0.4 is 0 Å². The topological polar surface area (TPSA) is 87.1 Å². The number of fused-ring (bicyclic) bond motifs is 3. The minimum absolute atomic E-state index is 0.123. The first-order valence-electron chi connectivity index (χ1n) is 12.2. The van der Waals surface area contributed by atoms with Crippen LogP contribution in [0.15, 0.2) is 34.9 Å². The zero-order chi connectivity index (χ0) is 24.7. The van der Waals surface area contributed by atoms with Gasteiger partial charge in [0.05, 0.1) is 17.9 Å². The highest BCUT2D eigenvalue weighted by Crippen LogP contribution is 2.51. The third-order valence-electron chi connectivity index (χ3n) is 7.69. The number of amides is 2. The second-order valence-corrected chi connectivity index (χ2v) is 10.0. The normalized spacial score (nSPS) is 27.6. The molecule has 0 unspecified atom stereocenters. The molecule has 1 aromatic carbocycles. The van der Waals surface area contributed by atoms with Gasteiger partial charge in [0.25, 0.3) is 0 Å². The number of imide groups is 1. The third kappa shape index (κ3) is 4.45. The van der Waals surface area contributed by atoms with Gasteiger partial charge in [-0.15, -0.1) is 0 Å². The van der Waals surface area contributed by atoms with E-state index in [1.807, 2.05) is 13.0 Å². The van der Waals surface area contributed by atoms with Crippen LogP contribution in [0.25, 0.3) is 6.08 Å². The second-order valence-electron chi connectivity index (χ2n) is 10.0. The molecule has 1 aliphatic carbocycles. The molecule has 2 amide bonds. The summed E-state index contributed by atoms with van der Waals surface area (Å²) in [6.07, 6.45) is 4.52. The lowest BCUT2D eigenvalue weighted by Gasteiger charge is -2.44. The molecule has 4 rings (SSSR count). The summed E-state index contributed by atoms with van der Waals surface area (Å²) >= 11 is 0. The van der Waals surface area contributed by atoms with E-state index >= 15 is 0 Å². The summed E-state index contributed by atoms with van der Waals surface area (Å²) in [4.78, 5) is 27.0. The Morgan fingerprint density at radius 3 is 2.68 bits per heavy atom. The zero-order valence-electron chi connectivity index (χ0n) is 20.3. The van der Waals surface area contributed by atoms with Crippen LogP contribution in [0.5, 0.6) is 5.75 Å². The Morgan fingerprint density at radius 2 is 2.03 bits per heavy atom. The van der Waals surface area contributed by atoms with E-state index in [2.05, 4.69) is 13.8 Å². The van der Waals surface area contributed by atoms with Crippen LogP contribution in [0.3, 0.4) is 0 Å². The first kappa shape index (κ1) is 24.7. The molecule has 2 N–H and O–H groups in total. The Labute approximate surface area is 200 Å². The summed E-state index contributed by atoms with van der Waals surface area (Å²) in [5.74, 6) is -2.10. The van der Waals surface area contributed by atoms with Gasteiger partial charge in [0, 0.05) is 7.05 Å².